The molecule has 7 heteroatoms. The number of esters is 1. The molecule has 1 aromatic carbocycles. The molecule has 2 aromatic heterocycles. The van der Waals surface area contributed by atoms with Crippen molar-refractivity contribution in [2.24, 2.45) is 0 Å². The zero-order valence-corrected chi connectivity index (χ0v) is 13.3. The number of nitrogens with zero attached hydrogens (tertiary/aromatic N) is 1. The maximum Gasteiger partial charge on any atom is 0.310 e. The molecule has 5 nitrogen and oxygen atoms in total. The van der Waals surface area contributed by atoms with Crippen LogP contribution in [0.2, 0.25) is 10.0 Å². The maximum atomic E-state index is 11.9. The zero-order chi connectivity index (χ0) is 16.2. The molecule has 0 saturated carbocycles. The summed E-state index contributed by atoms with van der Waals surface area (Å²) in [7, 11) is 0. The minimum Gasteiger partial charge on any atom is -0.461 e. The zero-order valence-electron chi connectivity index (χ0n) is 11.8. The largest absolute Gasteiger partial charge is 0.461 e. The van der Waals surface area contributed by atoms with Crippen LogP contribution in [0.25, 0.3) is 11.5 Å². The van der Waals surface area contributed by atoms with Crippen molar-refractivity contribution >= 4 is 29.2 Å². The molecule has 2 heterocycles. The van der Waals surface area contributed by atoms with E-state index in [-0.39, 0.29) is 13.0 Å². The Morgan fingerprint density at radius 3 is 2.78 bits per heavy atom. The second-order valence-electron chi connectivity index (χ2n) is 4.73. The summed E-state index contributed by atoms with van der Waals surface area (Å²) in [6.07, 6.45) is 1.59. The molecule has 0 bridgehead atoms. The predicted molar refractivity (Wildman–Crippen MR) is 84.2 cm³/mol. The maximum absolute atomic E-state index is 11.9. The number of furan rings is 1. The summed E-state index contributed by atoms with van der Waals surface area (Å²) in [6, 6.07) is 10.1. The summed E-state index contributed by atoms with van der Waals surface area (Å²) < 4.78 is 15.5. The molecule has 0 N–H and O–H groups in total. The van der Waals surface area contributed by atoms with E-state index in [0.717, 1.165) is 0 Å². The highest BCUT2D eigenvalue weighted by Crippen LogP contribution is 2.22. The summed E-state index contributed by atoms with van der Waals surface area (Å²) in [5, 5.41) is 4.77. The van der Waals surface area contributed by atoms with Gasteiger partial charge in [0.25, 0.3) is 0 Å². The van der Waals surface area contributed by atoms with Crippen LogP contribution in [-0.2, 0) is 22.6 Å². The number of hydrogen-bond acceptors (Lipinski definition) is 5. The van der Waals surface area contributed by atoms with Gasteiger partial charge in [-0.3, -0.25) is 4.79 Å². The van der Waals surface area contributed by atoms with Crippen molar-refractivity contribution in [3.63, 3.8) is 0 Å². The molecule has 0 fully saturated rings. The summed E-state index contributed by atoms with van der Waals surface area (Å²) in [5.41, 5.74) is 1.14. The number of benzene rings is 1. The van der Waals surface area contributed by atoms with Crippen molar-refractivity contribution in [3.05, 3.63) is 64.0 Å². The van der Waals surface area contributed by atoms with Crippen molar-refractivity contribution in [2.45, 2.75) is 13.0 Å². The van der Waals surface area contributed by atoms with Crippen molar-refractivity contribution in [1.29, 1.82) is 0 Å². The van der Waals surface area contributed by atoms with Gasteiger partial charge in [0.15, 0.2) is 5.76 Å². The lowest BCUT2D eigenvalue weighted by atomic mass is 10.1. The van der Waals surface area contributed by atoms with Crippen molar-refractivity contribution in [1.82, 2.24) is 5.16 Å². The number of hydrogen-bond donors (Lipinski definition) is 0. The molecule has 0 aliphatic carbocycles. The van der Waals surface area contributed by atoms with Gasteiger partial charge in [-0.2, -0.15) is 0 Å². The highest BCUT2D eigenvalue weighted by molar-refractivity contribution is 6.35. The Balaban J connectivity index is 1.57. The molecule has 3 rings (SSSR count). The molecule has 0 unspecified atom stereocenters. The van der Waals surface area contributed by atoms with Crippen LogP contribution in [0.1, 0.15) is 11.3 Å². The first-order valence-electron chi connectivity index (χ1n) is 6.71. The monoisotopic (exact) mass is 351 g/mol. The highest BCUT2D eigenvalue weighted by Gasteiger charge is 2.12. The number of rotatable bonds is 5. The van der Waals surface area contributed by atoms with E-state index in [9.17, 15) is 4.79 Å². The van der Waals surface area contributed by atoms with Crippen LogP contribution in [0.4, 0.5) is 0 Å². The van der Waals surface area contributed by atoms with Crippen LogP contribution in [0.15, 0.2) is 51.6 Å². The average molecular weight is 352 g/mol. The second-order valence-corrected chi connectivity index (χ2v) is 5.58. The van der Waals surface area contributed by atoms with Gasteiger partial charge < -0.3 is 13.7 Å². The fraction of sp³-hybridized carbons (Fsp3) is 0.125. The molecule has 0 atom stereocenters. The quantitative estimate of drug-likeness (QED) is 0.632. The minimum atomic E-state index is -0.420. The number of carbonyl (C=O) groups excluding carboxylic acids is 1. The Bertz CT molecular complexity index is 811. The summed E-state index contributed by atoms with van der Waals surface area (Å²) >= 11 is 11.8. The van der Waals surface area contributed by atoms with Crippen LogP contribution < -0.4 is 0 Å². The van der Waals surface area contributed by atoms with E-state index in [2.05, 4.69) is 5.16 Å². The lowest BCUT2D eigenvalue weighted by Gasteiger charge is -2.05. The van der Waals surface area contributed by atoms with Gasteiger partial charge in [-0.25, -0.2) is 0 Å². The van der Waals surface area contributed by atoms with Crippen molar-refractivity contribution in [3.8, 4) is 11.5 Å². The van der Waals surface area contributed by atoms with Crippen LogP contribution in [-0.4, -0.2) is 11.1 Å². The number of halogens is 2. The molecule has 118 valence electrons. The molecular formula is C16H11Cl2NO4. The molecule has 0 amide bonds. The van der Waals surface area contributed by atoms with Crippen LogP contribution >= 0.6 is 23.2 Å². The summed E-state index contributed by atoms with van der Waals surface area (Å²) in [4.78, 5) is 11.9. The van der Waals surface area contributed by atoms with Gasteiger partial charge in [0, 0.05) is 16.1 Å². The third kappa shape index (κ3) is 3.94. The van der Waals surface area contributed by atoms with E-state index in [0.29, 0.717) is 32.8 Å². The molecule has 0 aliphatic rings. The first kappa shape index (κ1) is 15.6. The van der Waals surface area contributed by atoms with E-state index >= 15 is 0 Å². The highest BCUT2D eigenvalue weighted by atomic mass is 35.5. The van der Waals surface area contributed by atoms with Gasteiger partial charge in [-0.15, -0.1) is 0 Å². The van der Waals surface area contributed by atoms with E-state index in [1.54, 1.807) is 36.4 Å². The Hall–Kier alpha value is -2.24. The fourth-order valence-corrected chi connectivity index (χ4v) is 2.42. The molecule has 0 saturated heterocycles. The Kier molecular flexibility index (Phi) is 4.69. The van der Waals surface area contributed by atoms with Crippen molar-refractivity contribution < 1.29 is 18.5 Å². The standard InChI is InChI=1S/C16H11Cl2NO4/c17-11-4-3-10(13(18)7-11)6-16(20)22-9-12-8-15(23-19-12)14-2-1-5-21-14/h1-5,7-8H,6,9H2. The van der Waals surface area contributed by atoms with Gasteiger partial charge in [0.1, 0.15) is 12.3 Å². The smallest absolute Gasteiger partial charge is 0.310 e. The first-order valence-corrected chi connectivity index (χ1v) is 7.46. The fourth-order valence-electron chi connectivity index (χ4n) is 1.94. The van der Waals surface area contributed by atoms with E-state index in [1.165, 1.54) is 6.26 Å². The SMILES string of the molecule is O=C(Cc1ccc(Cl)cc1Cl)OCc1cc(-c2ccco2)on1. The van der Waals surface area contributed by atoms with Crippen LogP contribution in [0.5, 0.6) is 0 Å². The first-order chi connectivity index (χ1) is 11.1. The summed E-state index contributed by atoms with van der Waals surface area (Å²) in [6.45, 7) is 0.00819. The van der Waals surface area contributed by atoms with Gasteiger partial charge in [0.2, 0.25) is 5.76 Å². The third-order valence-electron chi connectivity index (χ3n) is 3.05. The minimum absolute atomic E-state index is 0.00819. The van der Waals surface area contributed by atoms with Gasteiger partial charge >= 0.3 is 5.97 Å². The normalized spacial score (nSPS) is 10.7. The number of aromatic nitrogens is 1. The predicted octanol–water partition coefficient (Wildman–Crippen LogP) is 4.53. The molecule has 0 aliphatic heterocycles. The lowest BCUT2D eigenvalue weighted by molar-refractivity contribution is -0.144. The topological polar surface area (TPSA) is 65.5 Å². The number of carbonyl (C=O) groups is 1. The van der Waals surface area contributed by atoms with Crippen LogP contribution in [0.3, 0.4) is 0 Å². The van der Waals surface area contributed by atoms with E-state index in [4.69, 9.17) is 36.9 Å². The summed E-state index contributed by atoms with van der Waals surface area (Å²) in [5.74, 6) is 0.613. The van der Waals surface area contributed by atoms with Crippen molar-refractivity contribution in [2.75, 3.05) is 0 Å². The Morgan fingerprint density at radius 1 is 1.17 bits per heavy atom. The molecule has 0 radical (unpaired) electrons. The van der Waals surface area contributed by atoms with Gasteiger partial charge in [-0.05, 0) is 29.8 Å². The second kappa shape index (κ2) is 6.89. The molecule has 23 heavy (non-hydrogen) atoms. The third-order valence-corrected chi connectivity index (χ3v) is 3.64. The molecule has 0 spiro atoms. The molecule has 3 aromatic rings. The number of ether oxygens (including phenoxy) is 1. The van der Waals surface area contributed by atoms with Crippen LogP contribution in [0, 0.1) is 0 Å². The Labute approximate surface area is 141 Å². The Morgan fingerprint density at radius 2 is 2.04 bits per heavy atom. The average Bonchev–Trinajstić information content (AvgIpc) is 3.18. The molecular weight excluding hydrogens is 341 g/mol. The van der Waals surface area contributed by atoms with E-state index < -0.39 is 5.97 Å². The van der Waals surface area contributed by atoms with Gasteiger partial charge in [-0.1, -0.05) is 34.4 Å². The lowest BCUT2D eigenvalue weighted by Crippen LogP contribution is -2.08. The van der Waals surface area contributed by atoms with E-state index in [1.807, 2.05) is 0 Å². The van der Waals surface area contributed by atoms with Gasteiger partial charge in [0.05, 0.1) is 12.7 Å².